The molecule has 2 N–H and O–H groups in total. The number of nitrogens with zero attached hydrogens (tertiary/aromatic N) is 1. The molecule has 0 heterocycles. The predicted molar refractivity (Wildman–Crippen MR) is 105 cm³/mol. The number of hydrogen-bond donors (Lipinski definition) is 2. The molecule has 9 heteroatoms. The van der Waals surface area contributed by atoms with Crippen molar-refractivity contribution in [2.24, 2.45) is 5.10 Å². The highest BCUT2D eigenvalue weighted by atomic mass is 35.5. The van der Waals surface area contributed by atoms with Crippen molar-refractivity contribution in [3.63, 3.8) is 0 Å². The number of carboxylic acids is 1. The first-order valence-corrected chi connectivity index (χ1v) is 8.60. The molecule has 0 unspecified atom stereocenters. The quantitative estimate of drug-likeness (QED) is 0.373. The van der Waals surface area contributed by atoms with Crippen LogP contribution in [0.5, 0.6) is 11.5 Å². The number of carboxylic acid groups (broad SMARTS) is 1. The molecule has 0 amide bonds. The van der Waals surface area contributed by atoms with Gasteiger partial charge in [0.2, 0.25) is 0 Å². The lowest BCUT2D eigenvalue weighted by molar-refractivity contribution is -0.145. The Hall–Kier alpha value is -3.26. The molecule has 0 aliphatic heterocycles. The topological polar surface area (TPSA) is 106 Å². The lowest BCUT2D eigenvalue weighted by Gasteiger charge is -2.12. The fourth-order valence-electron chi connectivity index (χ4n) is 2.19. The minimum Gasteiger partial charge on any atom is -0.493 e. The van der Waals surface area contributed by atoms with Gasteiger partial charge in [-0.15, -0.1) is 0 Å². The van der Waals surface area contributed by atoms with Gasteiger partial charge in [0.05, 0.1) is 36.2 Å². The van der Waals surface area contributed by atoms with Crippen molar-refractivity contribution in [1.29, 1.82) is 0 Å². The summed E-state index contributed by atoms with van der Waals surface area (Å²) in [6, 6.07) is 9.45. The van der Waals surface area contributed by atoms with Crippen LogP contribution in [-0.4, -0.2) is 43.6 Å². The summed E-state index contributed by atoms with van der Waals surface area (Å²) >= 11 is 6.22. The minimum atomic E-state index is -1.03. The van der Waals surface area contributed by atoms with E-state index in [0.717, 1.165) is 0 Å². The van der Waals surface area contributed by atoms with Crippen LogP contribution in [0.4, 0.5) is 5.69 Å². The van der Waals surface area contributed by atoms with Gasteiger partial charge in [-0.1, -0.05) is 17.7 Å². The van der Waals surface area contributed by atoms with E-state index in [1.165, 1.54) is 25.5 Å². The third kappa shape index (κ3) is 5.88. The summed E-state index contributed by atoms with van der Waals surface area (Å²) in [5.74, 6) is -0.996. The molecule has 0 saturated heterocycles. The number of anilines is 1. The molecule has 0 spiro atoms. The van der Waals surface area contributed by atoms with Gasteiger partial charge in [0.15, 0.2) is 18.1 Å². The summed E-state index contributed by atoms with van der Waals surface area (Å²) < 4.78 is 15.5. The SMILES string of the molecule is CCOC(=O)COc1c(Cl)cc(C=NNc2cccc(C(=O)O)c2)cc1OC. The van der Waals surface area contributed by atoms with Gasteiger partial charge < -0.3 is 19.3 Å². The maximum atomic E-state index is 11.4. The van der Waals surface area contributed by atoms with Crippen molar-refractivity contribution >= 4 is 35.4 Å². The molecule has 2 aromatic rings. The van der Waals surface area contributed by atoms with Gasteiger partial charge in [-0.25, -0.2) is 9.59 Å². The summed E-state index contributed by atoms with van der Waals surface area (Å²) in [7, 11) is 1.44. The van der Waals surface area contributed by atoms with Crippen molar-refractivity contribution in [3.05, 3.63) is 52.5 Å². The Balaban J connectivity index is 2.10. The van der Waals surface area contributed by atoms with Crippen molar-refractivity contribution in [1.82, 2.24) is 0 Å². The normalized spacial score (nSPS) is 10.5. The molecule has 28 heavy (non-hydrogen) atoms. The average molecular weight is 407 g/mol. The number of hydrogen-bond acceptors (Lipinski definition) is 7. The van der Waals surface area contributed by atoms with Gasteiger partial charge in [-0.2, -0.15) is 5.10 Å². The van der Waals surface area contributed by atoms with Crippen LogP contribution in [0.1, 0.15) is 22.8 Å². The maximum Gasteiger partial charge on any atom is 0.344 e. The largest absolute Gasteiger partial charge is 0.493 e. The fraction of sp³-hybridized carbons (Fsp3) is 0.211. The number of aromatic carboxylic acids is 1. The molecule has 0 saturated carbocycles. The van der Waals surface area contributed by atoms with E-state index in [-0.39, 0.29) is 29.5 Å². The van der Waals surface area contributed by atoms with Crippen LogP contribution in [0, 0.1) is 0 Å². The lowest BCUT2D eigenvalue weighted by atomic mass is 10.2. The zero-order chi connectivity index (χ0) is 20.5. The number of carbonyl (C=O) groups excluding carboxylic acids is 1. The predicted octanol–water partition coefficient (Wildman–Crippen LogP) is 3.43. The van der Waals surface area contributed by atoms with Crippen LogP contribution in [0.25, 0.3) is 0 Å². The molecule has 0 aliphatic carbocycles. The number of benzene rings is 2. The second-order valence-electron chi connectivity index (χ2n) is 5.38. The summed E-state index contributed by atoms with van der Waals surface area (Å²) in [4.78, 5) is 22.4. The van der Waals surface area contributed by atoms with E-state index >= 15 is 0 Å². The first kappa shape index (κ1) is 21.0. The molecular weight excluding hydrogens is 388 g/mol. The van der Waals surface area contributed by atoms with E-state index in [1.807, 2.05) is 0 Å². The number of carbonyl (C=O) groups is 2. The van der Waals surface area contributed by atoms with Gasteiger partial charge in [0.25, 0.3) is 0 Å². The van der Waals surface area contributed by atoms with Crippen LogP contribution < -0.4 is 14.9 Å². The molecular formula is C19H19ClN2O6. The van der Waals surface area contributed by atoms with E-state index in [9.17, 15) is 9.59 Å². The summed E-state index contributed by atoms with van der Waals surface area (Å²) in [5.41, 5.74) is 4.01. The number of nitrogens with one attached hydrogen (secondary N) is 1. The van der Waals surface area contributed by atoms with Gasteiger partial charge in [0, 0.05) is 0 Å². The number of ether oxygens (including phenoxy) is 3. The number of esters is 1. The molecule has 0 aliphatic rings. The number of hydrazone groups is 1. The Bertz CT molecular complexity index is 885. The first-order valence-electron chi connectivity index (χ1n) is 8.23. The third-order valence-electron chi connectivity index (χ3n) is 3.41. The number of rotatable bonds is 9. The van der Waals surface area contributed by atoms with Crippen molar-refractivity contribution in [2.75, 3.05) is 25.7 Å². The maximum absolute atomic E-state index is 11.4. The van der Waals surface area contributed by atoms with Crippen LogP contribution >= 0.6 is 11.6 Å². The van der Waals surface area contributed by atoms with Crippen LogP contribution in [0.3, 0.4) is 0 Å². The highest BCUT2D eigenvalue weighted by Gasteiger charge is 2.14. The smallest absolute Gasteiger partial charge is 0.344 e. The zero-order valence-corrected chi connectivity index (χ0v) is 16.0. The van der Waals surface area contributed by atoms with Crippen LogP contribution in [-0.2, 0) is 9.53 Å². The highest BCUT2D eigenvalue weighted by molar-refractivity contribution is 6.32. The standard InChI is InChI=1S/C19H19ClN2O6/c1-3-27-17(23)11-28-18-15(20)7-12(8-16(18)26-2)10-21-22-14-6-4-5-13(9-14)19(24)25/h4-10,22H,3,11H2,1-2H3,(H,24,25). The van der Waals surface area contributed by atoms with Gasteiger partial charge in [-0.05, 0) is 42.8 Å². The van der Waals surface area contributed by atoms with Gasteiger partial charge in [0.1, 0.15) is 0 Å². The fourth-order valence-corrected chi connectivity index (χ4v) is 2.46. The Morgan fingerprint density at radius 2 is 2.07 bits per heavy atom. The first-order chi connectivity index (χ1) is 13.4. The number of halogens is 1. The summed E-state index contributed by atoms with van der Waals surface area (Å²) in [6.07, 6.45) is 1.48. The Labute approximate surface area is 166 Å². The monoisotopic (exact) mass is 406 g/mol. The molecule has 2 aromatic carbocycles. The minimum absolute atomic E-state index is 0.146. The second kappa shape index (κ2) is 10.2. The Morgan fingerprint density at radius 3 is 2.75 bits per heavy atom. The highest BCUT2D eigenvalue weighted by Crippen LogP contribution is 2.36. The van der Waals surface area contributed by atoms with Gasteiger partial charge >= 0.3 is 11.9 Å². The third-order valence-corrected chi connectivity index (χ3v) is 3.69. The van der Waals surface area contributed by atoms with E-state index in [4.69, 9.17) is 30.9 Å². The van der Waals surface area contributed by atoms with Crippen molar-refractivity contribution < 1.29 is 28.9 Å². The Kier molecular flexibility index (Phi) is 7.65. The van der Waals surface area contributed by atoms with E-state index < -0.39 is 11.9 Å². The second-order valence-corrected chi connectivity index (χ2v) is 5.79. The van der Waals surface area contributed by atoms with Gasteiger partial charge in [-0.3, -0.25) is 5.43 Å². The molecule has 0 aromatic heterocycles. The van der Waals surface area contributed by atoms with E-state index in [1.54, 1.807) is 31.2 Å². The van der Waals surface area contributed by atoms with E-state index in [2.05, 4.69) is 10.5 Å². The van der Waals surface area contributed by atoms with Crippen molar-refractivity contribution in [2.45, 2.75) is 6.92 Å². The molecule has 2 rings (SSSR count). The van der Waals surface area contributed by atoms with Crippen molar-refractivity contribution in [3.8, 4) is 11.5 Å². The molecule has 0 fully saturated rings. The van der Waals surface area contributed by atoms with Crippen LogP contribution in [0.2, 0.25) is 5.02 Å². The zero-order valence-electron chi connectivity index (χ0n) is 15.3. The Morgan fingerprint density at radius 1 is 1.29 bits per heavy atom. The average Bonchev–Trinajstić information content (AvgIpc) is 2.67. The summed E-state index contributed by atoms with van der Waals surface area (Å²) in [6.45, 7) is 1.66. The number of methoxy groups -OCH3 is 1. The molecule has 8 nitrogen and oxygen atoms in total. The molecule has 0 atom stereocenters. The molecule has 0 radical (unpaired) electrons. The molecule has 148 valence electrons. The lowest BCUT2D eigenvalue weighted by Crippen LogP contribution is -2.15. The summed E-state index contributed by atoms with van der Waals surface area (Å²) in [5, 5.41) is 13.3. The van der Waals surface area contributed by atoms with E-state index in [0.29, 0.717) is 17.0 Å². The van der Waals surface area contributed by atoms with Crippen LogP contribution in [0.15, 0.2) is 41.5 Å². The molecule has 0 bridgehead atoms.